The number of benzene rings is 2. The number of nitrogens with zero attached hydrogens (tertiary/aromatic N) is 1. The summed E-state index contributed by atoms with van der Waals surface area (Å²) in [5.74, 6) is 0. The first kappa shape index (κ1) is 20.8. The molecule has 0 radical (unpaired) electrons. The molecule has 0 amide bonds. The van der Waals surface area contributed by atoms with Crippen LogP contribution in [-0.2, 0) is 0 Å². The molecule has 0 fully saturated rings. The standard InChI is InChI=1S/C25H39N/c1-4-5-6-7-8-9-10-11-12-15-21-26(22(2)3)25-20-16-18-23-17-13-14-19-24(23)25/h13-14,16-20,22H,4-12,15,21H2,1-3H3. The van der Waals surface area contributed by atoms with Gasteiger partial charge in [0.2, 0.25) is 0 Å². The fourth-order valence-electron chi connectivity index (χ4n) is 3.89. The molecule has 0 saturated carbocycles. The van der Waals surface area contributed by atoms with Crippen LogP contribution in [0.15, 0.2) is 42.5 Å². The second kappa shape index (κ2) is 12.0. The van der Waals surface area contributed by atoms with Crippen molar-refractivity contribution in [3.63, 3.8) is 0 Å². The van der Waals surface area contributed by atoms with E-state index in [2.05, 4.69) is 68.1 Å². The summed E-state index contributed by atoms with van der Waals surface area (Å²) in [6.07, 6.45) is 14.0. The van der Waals surface area contributed by atoms with E-state index < -0.39 is 0 Å². The first-order valence-corrected chi connectivity index (χ1v) is 11.0. The topological polar surface area (TPSA) is 3.24 Å². The molecule has 0 unspecified atom stereocenters. The minimum absolute atomic E-state index is 0.541. The van der Waals surface area contributed by atoms with Crippen molar-refractivity contribution in [2.75, 3.05) is 11.4 Å². The van der Waals surface area contributed by atoms with Crippen LogP contribution in [-0.4, -0.2) is 12.6 Å². The fourth-order valence-corrected chi connectivity index (χ4v) is 3.89. The van der Waals surface area contributed by atoms with Gasteiger partial charge in [-0.25, -0.2) is 0 Å². The van der Waals surface area contributed by atoms with E-state index in [4.69, 9.17) is 0 Å². The summed E-state index contributed by atoms with van der Waals surface area (Å²) < 4.78 is 0. The Bertz CT molecular complexity index is 611. The van der Waals surface area contributed by atoms with Gasteiger partial charge in [-0.2, -0.15) is 0 Å². The van der Waals surface area contributed by atoms with Gasteiger partial charge in [-0.3, -0.25) is 0 Å². The van der Waals surface area contributed by atoms with Crippen LogP contribution in [0.5, 0.6) is 0 Å². The summed E-state index contributed by atoms with van der Waals surface area (Å²) in [7, 11) is 0. The molecule has 0 spiro atoms. The summed E-state index contributed by atoms with van der Waals surface area (Å²) in [6, 6.07) is 16.0. The summed E-state index contributed by atoms with van der Waals surface area (Å²) in [5.41, 5.74) is 1.40. The maximum atomic E-state index is 2.59. The number of hydrogen-bond acceptors (Lipinski definition) is 1. The Kier molecular flexibility index (Phi) is 9.60. The van der Waals surface area contributed by atoms with Crippen molar-refractivity contribution in [1.82, 2.24) is 0 Å². The zero-order chi connectivity index (χ0) is 18.6. The van der Waals surface area contributed by atoms with Crippen LogP contribution in [0.2, 0.25) is 0 Å². The van der Waals surface area contributed by atoms with E-state index in [9.17, 15) is 0 Å². The number of anilines is 1. The molecule has 0 heterocycles. The average Bonchev–Trinajstić information content (AvgIpc) is 2.66. The monoisotopic (exact) mass is 353 g/mol. The van der Waals surface area contributed by atoms with Crippen molar-refractivity contribution in [3.05, 3.63) is 42.5 Å². The van der Waals surface area contributed by atoms with Crippen LogP contribution in [0.25, 0.3) is 10.8 Å². The molecule has 0 aliphatic rings. The van der Waals surface area contributed by atoms with Gasteiger partial charge in [0.25, 0.3) is 0 Å². The zero-order valence-electron chi connectivity index (χ0n) is 17.3. The Morgan fingerprint density at radius 1 is 0.692 bits per heavy atom. The van der Waals surface area contributed by atoms with E-state index in [1.54, 1.807) is 0 Å². The van der Waals surface area contributed by atoms with Crippen LogP contribution < -0.4 is 4.90 Å². The number of fused-ring (bicyclic) bond motifs is 1. The van der Waals surface area contributed by atoms with E-state index >= 15 is 0 Å². The predicted molar refractivity (Wildman–Crippen MR) is 118 cm³/mol. The second-order valence-corrected chi connectivity index (χ2v) is 7.97. The molecule has 1 heteroatoms. The van der Waals surface area contributed by atoms with Crippen LogP contribution in [0.4, 0.5) is 5.69 Å². The molecule has 0 saturated heterocycles. The lowest BCUT2D eigenvalue weighted by molar-refractivity contribution is 0.549. The third-order valence-corrected chi connectivity index (χ3v) is 5.45. The van der Waals surface area contributed by atoms with E-state index in [1.807, 2.05) is 0 Å². The molecule has 26 heavy (non-hydrogen) atoms. The zero-order valence-corrected chi connectivity index (χ0v) is 17.3. The van der Waals surface area contributed by atoms with Gasteiger partial charge < -0.3 is 4.90 Å². The lowest BCUT2D eigenvalue weighted by Crippen LogP contribution is -2.31. The molecular weight excluding hydrogens is 314 g/mol. The highest BCUT2D eigenvalue weighted by molar-refractivity contribution is 5.94. The first-order chi connectivity index (χ1) is 12.7. The maximum absolute atomic E-state index is 2.59. The molecule has 2 aromatic carbocycles. The van der Waals surface area contributed by atoms with Gasteiger partial charge in [0, 0.05) is 23.7 Å². The summed E-state index contributed by atoms with van der Waals surface area (Å²) in [4.78, 5) is 2.59. The van der Waals surface area contributed by atoms with Crippen LogP contribution in [0.1, 0.15) is 85.0 Å². The van der Waals surface area contributed by atoms with Gasteiger partial charge in [-0.1, -0.05) is 101 Å². The Labute approximate surface area is 161 Å². The van der Waals surface area contributed by atoms with Crippen molar-refractivity contribution >= 4 is 16.5 Å². The van der Waals surface area contributed by atoms with Crippen molar-refractivity contribution in [2.45, 2.75) is 91.0 Å². The lowest BCUT2D eigenvalue weighted by atomic mass is 10.0. The first-order valence-electron chi connectivity index (χ1n) is 11.0. The predicted octanol–water partition coefficient (Wildman–Crippen LogP) is 7.98. The molecule has 0 atom stereocenters. The van der Waals surface area contributed by atoms with Crippen LogP contribution in [0.3, 0.4) is 0 Å². The minimum Gasteiger partial charge on any atom is -0.369 e. The van der Waals surface area contributed by atoms with Crippen molar-refractivity contribution in [2.24, 2.45) is 0 Å². The van der Waals surface area contributed by atoms with Crippen LogP contribution >= 0.6 is 0 Å². The van der Waals surface area contributed by atoms with Gasteiger partial charge in [-0.15, -0.1) is 0 Å². The summed E-state index contributed by atoms with van der Waals surface area (Å²) in [5, 5.41) is 2.73. The average molecular weight is 354 g/mol. The quantitative estimate of drug-likeness (QED) is 0.330. The molecule has 0 N–H and O–H groups in total. The molecule has 0 bridgehead atoms. The molecular formula is C25H39N. The largest absolute Gasteiger partial charge is 0.369 e. The van der Waals surface area contributed by atoms with Crippen molar-refractivity contribution in [3.8, 4) is 0 Å². The number of rotatable bonds is 13. The lowest BCUT2D eigenvalue weighted by Gasteiger charge is -2.30. The minimum atomic E-state index is 0.541. The SMILES string of the molecule is CCCCCCCCCCCCN(c1cccc2ccccc12)C(C)C. The molecule has 2 rings (SSSR count). The second-order valence-electron chi connectivity index (χ2n) is 7.97. The Morgan fingerprint density at radius 3 is 1.92 bits per heavy atom. The molecule has 144 valence electrons. The van der Waals surface area contributed by atoms with E-state index in [0.717, 1.165) is 0 Å². The molecule has 2 aromatic rings. The molecule has 0 aliphatic carbocycles. The Hall–Kier alpha value is -1.50. The third-order valence-electron chi connectivity index (χ3n) is 5.45. The van der Waals surface area contributed by atoms with Crippen LogP contribution in [0, 0.1) is 0 Å². The van der Waals surface area contributed by atoms with E-state index in [-0.39, 0.29) is 0 Å². The third kappa shape index (κ3) is 6.67. The van der Waals surface area contributed by atoms with Gasteiger partial charge in [0.15, 0.2) is 0 Å². The smallest absolute Gasteiger partial charge is 0.0448 e. The van der Waals surface area contributed by atoms with Gasteiger partial charge in [0.05, 0.1) is 0 Å². The molecule has 0 aromatic heterocycles. The number of hydrogen-bond donors (Lipinski definition) is 0. The van der Waals surface area contributed by atoms with Gasteiger partial charge >= 0.3 is 0 Å². The normalized spacial score (nSPS) is 11.4. The van der Waals surface area contributed by atoms with Gasteiger partial charge in [0.1, 0.15) is 0 Å². The van der Waals surface area contributed by atoms with Crippen molar-refractivity contribution < 1.29 is 0 Å². The highest BCUT2D eigenvalue weighted by Crippen LogP contribution is 2.28. The summed E-state index contributed by atoms with van der Waals surface area (Å²) in [6.45, 7) is 8.09. The van der Waals surface area contributed by atoms with E-state index in [0.29, 0.717) is 6.04 Å². The van der Waals surface area contributed by atoms with E-state index in [1.165, 1.54) is 87.2 Å². The maximum Gasteiger partial charge on any atom is 0.0448 e. The molecule has 1 nitrogen and oxygen atoms in total. The van der Waals surface area contributed by atoms with Gasteiger partial charge in [-0.05, 0) is 31.7 Å². The number of unbranched alkanes of at least 4 members (excludes halogenated alkanes) is 9. The van der Waals surface area contributed by atoms with Crippen molar-refractivity contribution in [1.29, 1.82) is 0 Å². The Balaban J connectivity index is 1.75. The highest BCUT2D eigenvalue weighted by Gasteiger charge is 2.12. The summed E-state index contributed by atoms with van der Waals surface area (Å²) >= 11 is 0. The highest BCUT2D eigenvalue weighted by atomic mass is 15.1. The molecule has 0 aliphatic heterocycles. The fraction of sp³-hybridized carbons (Fsp3) is 0.600. The Morgan fingerprint density at radius 2 is 1.27 bits per heavy atom.